The fourth-order valence-electron chi connectivity index (χ4n) is 0.936. The maximum atomic E-state index is 10.4. The highest BCUT2D eigenvalue weighted by atomic mass is 32.2. The van der Waals surface area contributed by atoms with E-state index in [-0.39, 0.29) is 0 Å². The van der Waals surface area contributed by atoms with Gasteiger partial charge in [-0.1, -0.05) is 13.8 Å². The Morgan fingerprint density at radius 2 is 2.36 bits per heavy atom. The van der Waals surface area contributed by atoms with Gasteiger partial charge in [-0.25, -0.2) is 9.97 Å². The van der Waals surface area contributed by atoms with Crippen molar-refractivity contribution in [2.45, 2.75) is 19.6 Å². The Labute approximate surface area is 88.3 Å². The van der Waals surface area contributed by atoms with Crippen LogP contribution in [0, 0.1) is 5.92 Å². The van der Waals surface area contributed by atoms with Gasteiger partial charge in [0, 0.05) is 6.20 Å². The summed E-state index contributed by atoms with van der Waals surface area (Å²) in [6.45, 7) is 4.35. The molecule has 1 heterocycles. The first kappa shape index (κ1) is 11.2. The first-order valence-corrected chi connectivity index (χ1v) is 5.72. The van der Waals surface area contributed by atoms with Crippen LogP contribution in [0.25, 0.3) is 0 Å². The van der Waals surface area contributed by atoms with Crippen LogP contribution in [0.1, 0.15) is 30.2 Å². The number of nitrogens with zero attached hydrogens (tertiary/aromatic N) is 2. The summed E-state index contributed by atoms with van der Waals surface area (Å²) in [7, 11) is 0. The molecule has 76 valence electrons. The maximum Gasteiger partial charge on any atom is 0.168 e. The molecule has 1 aromatic heterocycles. The van der Waals surface area contributed by atoms with E-state index in [1.54, 1.807) is 24.0 Å². The summed E-state index contributed by atoms with van der Waals surface area (Å²) in [6.07, 6.45) is 2.38. The van der Waals surface area contributed by atoms with Gasteiger partial charge in [0.1, 0.15) is 11.5 Å². The Morgan fingerprint density at radius 3 is 3.00 bits per heavy atom. The molecule has 0 aromatic carbocycles. The molecule has 0 N–H and O–H groups in total. The van der Waals surface area contributed by atoms with Crippen molar-refractivity contribution in [2.75, 3.05) is 5.75 Å². The third kappa shape index (κ3) is 3.87. The summed E-state index contributed by atoms with van der Waals surface area (Å²) < 4.78 is 0. The fraction of sp³-hybridized carbons (Fsp3) is 0.500. The number of carbonyl (C=O) groups is 1. The average Bonchev–Trinajstić information content (AvgIpc) is 2.18. The largest absolute Gasteiger partial charge is 0.296 e. The van der Waals surface area contributed by atoms with Crippen molar-refractivity contribution < 1.29 is 4.79 Å². The molecule has 0 aliphatic rings. The monoisotopic (exact) mass is 210 g/mol. The Hall–Kier alpha value is -0.900. The van der Waals surface area contributed by atoms with E-state index >= 15 is 0 Å². The molecular formula is C10H14N2OS. The van der Waals surface area contributed by atoms with Gasteiger partial charge in [0.2, 0.25) is 0 Å². The fourth-order valence-corrected chi connectivity index (χ4v) is 1.85. The number of rotatable bonds is 5. The highest BCUT2D eigenvalue weighted by Gasteiger charge is 2.00. The first-order chi connectivity index (χ1) is 6.72. The van der Waals surface area contributed by atoms with E-state index in [2.05, 4.69) is 23.8 Å². The van der Waals surface area contributed by atoms with Crippen LogP contribution in [0.2, 0.25) is 0 Å². The van der Waals surface area contributed by atoms with E-state index in [0.29, 0.717) is 11.6 Å². The molecule has 0 fully saturated rings. The van der Waals surface area contributed by atoms with Crippen LogP contribution in [-0.2, 0) is 5.75 Å². The van der Waals surface area contributed by atoms with Crippen LogP contribution in [0.3, 0.4) is 0 Å². The van der Waals surface area contributed by atoms with Crippen LogP contribution < -0.4 is 0 Å². The van der Waals surface area contributed by atoms with Crippen molar-refractivity contribution in [3.05, 3.63) is 23.8 Å². The van der Waals surface area contributed by atoms with Crippen molar-refractivity contribution in [3.8, 4) is 0 Å². The summed E-state index contributed by atoms with van der Waals surface area (Å²) in [4.78, 5) is 18.6. The van der Waals surface area contributed by atoms with Crippen LogP contribution >= 0.6 is 11.8 Å². The third-order valence-corrected chi connectivity index (χ3v) is 2.89. The van der Waals surface area contributed by atoms with Crippen molar-refractivity contribution in [1.82, 2.24) is 9.97 Å². The molecule has 0 atom stereocenters. The molecule has 0 amide bonds. The molecule has 1 rings (SSSR count). The lowest BCUT2D eigenvalue weighted by molar-refractivity contribution is 0.111. The van der Waals surface area contributed by atoms with Gasteiger partial charge < -0.3 is 0 Å². The molecule has 1 aromatic rings. The topological polar surface area (TPSA) is 42.9 Å². The molecule has 0 radical (unpaired) electrons. The Bertz CT molecular complexity index is 302. The summed E-state index contributed by atoms with van der Waals surface area (Å²) in [5.74, 6) is 3.28. The third-order valence-electron chi connectivity index (χ3n) is 1.53. The number of hydrogen-bond donors (Lipinski definition) is 0. The number of hydrogen-bond acceptors (Lipinski definition) is 4. The molecule has 0 saturated heterocycles. The van der Waals surface area contributed by atoms with Gasteiger partial charge in [0.05, 0.1) is 5.75 Å². The number of carbonyl (C=O) groups excluding carboxylic acids is 1. The van der Waals surface area contributed by atoms with E-state index in [9.17, 15) is 4.79 Å². The number of thioether (sulfide) groups is 1. The second-order valence-corrected chi connectivity index (χ2v) is 4.45. The normalized spacial score (nSPS) is 10.5. The lowest BCUT2D eigenvalue weighted by atomic mass is 10.3. The minimum absolute atomic E-state index is 0.458. The van der Waals surface area contributed by atoms with Crippen molar-refractivity contribution in [1.29, 1.82) is 0 Å². The van der Waals surface area contributed by atoms with Crippen molar-refractivity contribution in [2.24, 2.45) is 5.92 Å². The van der Waals surface area contributed by atoms with E-state index < -0.39 is 0 Å². The second-order valence-electron chi connectivity index (χ2n) is 3.42. The van der Waals surface area contributed by atoms with E-state index in [1.807, 2.05) is 0 Å². The second kappa shape index (κ2) is 5.75. The lowest BCUT2D eigenvalue weighted by Gasteiger charge is -2.03. The average molecular weight is 210 g/mol. The summed E-state index contributed by atoms with van der Waals surface area (Å²) >= 11 is 1.79. The maximum absolute atomic E-state index is 10.4. The summed E-state index contributed by atoms with van der Waals surface area (Å²) in [5, 5.41) is 0. The smallest absolute Gasteiger partial charge is 0.168 e. The van der Waals surface area contributed by atoms with Gasteiger partial charge in [-0.05, 0) is 17.7 Å². The molecule has 14 heavy (non-hydrogen) atoms. The van der Waals surface area contributed by atoms with Gasteiger partial charge >= 0.3 is 0 Å². The first-order valence-electron chi connectivity index (χ1n) is 4.57. The zero-order chi connectivity index (χ0) is 10.4. The quantitative estimate of drug-likeness (QED) is 0.699. The number of aldehydes is 1. The van der Waals surface area contributed by atoms with Gasteiger partial charge in [0.25, 0.3) is 0 Å². The predicted molar refractivity (Wildman–Crippen MR) is 58.4 cm³/mol. The highest BCUT2D eigenvalue weighted by Crippen LogP contribution is 2.12. The molecule has 0 aliphatic carbocycles. The van der Waals surface area contributed by atoms with E-state index in [1.165, 1.54) is 0 Å². The zero-order valence-corrected chi connectivity index (χ0v) is 9.25. The van der Waals surface area contributed by atoms with Crippen LogP contribution in [0.4, 0.5) is 0 Å². The van der Waals surface area contributed by atoms with Crippen molar-refractivity contribution in [3.63, 3.8) is 0 Å². The number of aromatic nitrogens is 2. The van der Waals surface area contributed by atoms with Crippen LogP contribution in [0.5, 0.6) is 0 Å². The predicted octanol–water partition coefficient (Wildman–Crippen LogP) is 2.18. The molecule has 0 saturated carbocycles. The Balaban J connectivity index is 2.46. The van der Waals surface area contributed by atoms with E-state index in [0.717, 1.165) is 23.6 Å². The standard InChI is InChI=1S/C10H14N2OS/c1-8(2)6-14-7-10-11-4-3-9(5-13)12-10/h3-5,8H,6-7H2,1-2H3. The highest BCUT2D eigenvalue weighted by molar-refractivity contribution is 7.98. The van der Waals surface area contributed by atoms with E-state index in [4.69, 9.17) is 0 Å². The Kier molecular flexibility index (Phi) is 4.59. The molecular weight excluding hydrogens is 196 g/mol. The Morgan fingerprint density at radius 1 is 1.57 bits per heavy atom. The molecule has 0 bridgehead atoms. The van der Waals surface area contributed by atoms with Crippen LogP contribution in [-0.4, -0.2) is 22.0 Å². The van der Waals surface area contributed by atoms with Crippen LogP contribution in [0.15, 0.2) is 12.3 Å². The minimum atomic E-state index is 0.458. The zero-order valence-electron chi connectivity index (χ0n) is 8.43. The molecule has 0 unspecified atom stereocenters. The summed E-state index contributed by atoms with van der Waals surface area (Å²) in [6, 6.07) is 1.61. The summed E-state index contributed by atoms with van der Waals surface area (Å²) in [5.41, 5.74) is 0.458. The van der Waals surface area contributed by atoms with Gasteiger partial charge in [-0.3, -0.25) is 4.79 Å². The van der Waals surface area contributed by atoms with Gasteiger partial charge in [0.15, 0.2) is 6.29 Å². The molecule has 0 spiro atoms. The molecule has 4 heteroatoms. The SMILES string of the molecule is CC(C)CSCc1nccc(C=O)n1. The minimum Gasteiger partial charge on any atom is -0.296 e. The molecule has 0 aliphatic heterocycles. The van der Waals surface area contributed by atoms with Crippen molar-refractivity contribution >= 4 is 18.0 Å². The lowest BCUT2D eigenvalue weighted by Crippen LogP contribution is -1.98. The molecule has 3 nitrogen and oxygen atoms in total. The van der Waals surface area contributed by atoms with Gasteiger partial charge in [-0.2, -0.15) is 11.8 Å². The van der Waals surface area contributed by atoms with Gasteiger partial charge in [-0.15, -0.1) is 0 Å².